The molecule has 0 spiro atoms. The van der Waals surface area contributed by atoms with E-state index in [1.807, 2.05) is 38.1 Å². The maximum Gasteiger partial charge on any atom is 0.301 e. The summed E-state index contributed by atoms with van der Waals surface area (Å²) in [7, 11) is 1.58. The number of thiazole rings is 1. The van der Waals surface area contributed by atoms with Gasteiger partial charge in [-0.05, 0) is 73.0 Å². The van der Waals surface area contributed by atoms with Crippen LogP contribution in [0, 0.1) is 0 Å². The molecular formula is C31H30N2O6S. The van der Waals surface area contributed by atoms with Gasteiger partial charge in [0, 0.05) is 5.56 Å². The van der Waals surface area contributed by atoms with E-state index in [1.165, 1.54) is 16.2 Å². The second-order valence-electron chi connectivity index (χ2n) is 9.29. The number of aliphatic hydroxyl groups excluding tert-OH is 1. The lowest BCUT2D eigenvalue weighted by molar-refractivity contribution is -0.132. The lowest BCUT2D eigenvalue weighted by atomic mass is 9.95. The molecule has 5 rings (SSSR count). The number of aliphatic hydroxyl groups is 1. The van der Waals surface area contributed by atoms with Crippen molar-refractivity contribution in [3.8, 4) is 17.2 Å². The Hall–Kier alpha value is -4.37. The fraction of sp³-hybridized carbons (Fsp3) is 0.258. The van der Waals surface area contributed by atoms with Crippen molar-refractivity contribution < 1.29 is 28.9 Å². The van der Waals surface area contributed by atoms with Gasteiger partial charge in [0.25, 0.3) is 5.78 Å². The third-order valence-electron chi connectivity index (χ3n) is 6.48. The molecule has 0 saturated carbocycles. The van der Waals surface area contributed by atoms with Crippen LogP contribution in [-0.4, -0.2) is 42.1 Å². The summed E-state index contributed by atoms with van der Waals surface area (Å²) in [5.74, 6) is 0.104. The number of carbonyl (C=O) groups excluding carboxylic acids is 2. The van der Waals surface area contributed by atoms with Gasteiger partial charge >= 0.3 is 5.91 Å². The average molecular weight is 559 g/mol. The van der Waals surface area contributed by atoms with E-state index in [0.717, 1.165) is 17.5 Å². The Bertz CT molecular complexity index is 1580. The van der Waals surface area contributed by atoms with Gasteiger partial charge in [-0.15, -0.1) is 0 Å². The number of aromatic nitrogens is 1. The zero-order valence-electron chi connectivity index (χ0n) is 22.5. The summed E-state index contributed by atoms with van der Waals surface area (Å²) in [6, 6.07) is 18.6. The van der Waals surface area contributed by atoms with Gasteiger partial charge in [-0.1, -0.05) is 37.3 Å². The third kappa shape index (κ3) is 5.24. The quantitative estimate of drug-likeness (QED) is 0.135. The van der Waals surface area contributed by atoms with Crippen LogP contribution >= 0.6 is 11.3 Å². The number of nitrogens with zero attached hydrogens (tertiary/aromatic N) is 2. The molecular weight excluding hydrogens is 528 g/mol. The van der Waals surface area contributed by atoms with E-state index in [2.05, 4.69) is 4.98 Å². The van der Waals surface area contributed by atoms with Gasteiger partial charge in [0.2, 0.25) is 0 Å². The van der Waals surface area contributed by atoms with E-state index in [1.54, 1.807) is 49.6 Å². The lowest BCUT2D eigenvalue weighted by Gasteiger charge is -2.23. The molecule has 1 amide bonds. The fourth-order valence-electron chi connectivity index (χ4n) is 4.55. The molecule has 206 valence electrons. The molecule has 1 saturated heterocycles. The number of hydrogen-bond acceptors (Lipinski definition) is 8. The molecule has 4 aromatic rings. The van der Waals surface area contributed by atoms with E-state index < -0.39 is 17.7 Å². The van der Waals surface area contributed by atoms with Crippen LogP contribution in [0.25, 0.3) is 16.0 Å². The highest BCUT2D eigenvalue weighted by molar-refractivity contribution is 7.22. The van der Waals surface area contributed by atoms with Crippen molar-refractivity contribution >= 4 is 44.1 Å². The molecule has 1 aliphatic heterocycles. The number of ketones is 1. The molecule has 1 aliphatic rings. The molecule has 0 bridgehead atoms. The summed E-state index contributed by atoms with van der Waals surface area (Å²) >= 11 is 1.28. The minimum atomic E-state index is -0.913. The van der Waals surface area contributed by atoms with Crippen molar-refractivity contribution in [3.63, 3.8) is 0 Å². The maximum atomic E-state index is 13.6. The highest BCUT2D eigenvalue weighted by atomic mass is 32.1. The van der Waals surface area contributed by atoms with Crippen LogP contribution in [0.1, 0.15) is 43.9 Å². The molecule has 3 aromatic carbocycles. The normalized spacial score (nSPS) is 16.5. The molecule has 0 radical (unpaired) electrons. The van der Waals surface area contributed by atoms with Gasteiger partial charge in [0.1, 0.15) is 23.0 Å². The number of rotatable bonds is 10. The number of anilines is 1. The molecule has 8 nitrogen and oxygen atoms in total. The van der Waals surface area contributed by atoms with Crippen molar-refractivity contribution in [2.75, 3.05) is 25.2 Å². The summed E-state index contributed by atoms with van der Waals surface area (Å²) in [4.78, 5) is 33.2. The second-order valence-corrected chi connectivity index (χ2v) is 10.3. The Balaban J connectivity index is 1.64. The molecule has 2 heterocycles. The molecule has 1 N–H and O–H groups in total. The van der Waals surface area contributed by atoms with Crippen molar-refractivity contribution in [3.05, 3.63) is 83.4 Å². The first-order chi connectivity index (χ1) is 19.4. The number of methoxy groups -OCH3 is 1. The van der Waals surface area contributed by atoms with Gasteiger partial charge < -0.3 is 19.3 Å². The fourth-order valence-corrected chi connectivity index (χ4v) is 5.57. The summed E-state index contributed by atoms with van der Waals surface area (Å²) in [5, 5.41) is 11.8. The first-order valence-electron chi connectivity index (χ1n) is 13.2. The molecule has 1 fully saturated rings. The zero-order valence-corrected chi connectivity index (χ0v) is 23.4. The van der Waals surface area contributed by atoms with E-state index >= 15 is 0 Å². The number of carbonyl (C=O) groups is 2. The number of ether oxygens (including phenoxy) is 3. The second kappa shape index (κ2) is 11.8. The van der Waals surface area contributed by atoms with Crippen LogP contribution < -0.4 is 19.1 Å². The van der Waals surface area contributed by atoms with Crippen LogP contribution in [0.15, 0.2) is 72.3 Å². The van der Waals surface area contributed by atoms with Gasteiger partial charge in [0.15, 0.2) is 5.13 Å². The standard InChI is InChI=1S/C31H30N2O6S/c1-4-15-38-21-11-9-19(10-12-21)28(34)26-27(20-7-6-8-23(17-20)39-16-5-2)33(30(36)29(26)35)31-32-24-14-13-22(37-3)18-25(24)40-31/h6-14,17-18,27,34H,4-5,15-16H2,1-3H3. The first kappa shape index (κ1) is 27.2. The highest BCUT2D eigenvalue weighted by Crippen LogP contribution is 2.45. The monoisotopic (exact) mass is 558 g/mol. The molecule has 1 aromatic heterocycles. The third-order valence-corrected chi connectivity index (χ3v) is 7.50. The van der Waals surface area contributed by atoms with Crippen LogP contribution in [0.5, 0.6) is 17.2 Å². The van der Waals surface area contributed by atoms with Gasteiger partial charge in [-0.25, -0.2) is 4.98 Å². The molecule has 9 heteroatoms. The topological polar surface area (TPSA) is 98.2 Å². The number of benzene rings is 3. The number of fused-ring (bicyclic) bond motifs is 1. The first-order valence-corrected chi connectivity index (χ1v) is 14.0. The zero-order chi connectivity index (χ0) is 28.2. The molecule has 1 atom stereocenters. The van der Waals surface area contributed by atoms with E-state index in [0.29, 0.717) is 52.2 Å². The van der Waals surface area contributed by atoms with Crippen LogP contribution in [0.2, 0.25) is 0 Å². The minimum absolute atomic E-state index is 0.0169. The molecule has 1 unspecified atom stereocenters. The predicted octanol–water partition coefficient (Wildman–Crippen LogP) is 6.51. The largest absolute Gasteiger partial charge is 0.507 e. The van der Waals surface area contributed by atoms with Gasteiger partial charge in [-0.2, -0.15) is 0 Å². The summed E-state index contributed by atoms with van der Waals surface area (Å²) in [6.07, 6.45) is 1.70. The Morgan fingerprint density at radius 3 is 2.33 bits per heavy atom. The van der Waals surface area contributed by atoms with E-state index in [-0.39, 0.29) is 11.3 Å². The summed E-state index contributed by atoms with van der Waals surface area (Å²) < 4.78 is 17.6. The van der Waals surface area contributed by atoms with Gasteiger partial charge in [-0.3, -0.25) is 14.5 Å². The predicted molar refractivity (Wildman–Crippen MR) is 155 cm³/mol. The van der Waals surface area contributed by atoms with Crippen molar-refractivity contribution in [2.45, 2.75) is 32.7 Å². The summed E-state index contributed by atoms with van der Waals surface area (Å²) in [6.45, 7) is 5.12. The average Bonchev–Trinajstić information content (AvgIpc) is 3.52. The minimum Gasteiger partial charge on any atom is -0.507 e. The Morgan fingerprint density at radius 2 is 1.62 bits per heavy atom. The number of hydrogen-bond donors (Lipinski definition) is 1. The maximum absolute atomic E-state index is 13.6. The van der Waals surface area contributed by atoms with Crippen LogP contribution in [-0.2, 0) is 9.59 Å². The van der Waals surface area contributed by atoms with Crippen molar-refractivity contribution in [1.82, 2.24) is 4.98 Å². The Kier molecular flexibility index (Phi) is 8.02. The molecule has 0 aliphatic carbocycles. The Labute approximate surface area is 236 Å². The van der Waals surface area contributed by atoms with Crippen LogP contribution in [0.4, 0.5) is 5.13 Å². The van der Waals surface area contributed by atoms with Crippen molar-refractivity contribution in [2.24, 2.45) is 0 Å². The number of Topliss-reactive ketones (excluding diaryl/α,β-unsaturated/α-hetero) is 1. The van der Waals surface area contributed by atoms with Gasteiger partial charge in [0.05, 0.1) is 42.2 Å². The SMILES string of the molecule is CCCOc1ccc(C(O)=C2C(=O)C(=O)N(c3nc4ccc(OC)cc4s3)C2c2cccc(OCCC)c2)cc1. The summed E-state index contributed by atoms with van der Waals surface area (Å²) in [5.41, 5.74) is 1.68. The van der Waals surface area contributed by atoms with Crippen LogP contribution in [0.3, 0.4) is 0 Å². The number of amides is 1. The van der Waals surface area contributed by atoms with E-state index in [4.69, 9.17) is 14.2 Å². The van der Waals surface area contributed by atoms with E-state index in [9.17, 15) is 14.7 Å². The lowest BCUT2D eigenvalue weighted by Crippen LogP contribution is -2.29. The molecule has 40 heavy (non-hydrogen) atoms. The Morgan fingerprint density at radius 1 is 0.925 bits per heavy atom. The highest BCUT2D eigenvalue weighted by Gasteiger charge is 2.48. The van der Waals surface area contributed by atoms with Crippen molar-refractivity contribution in [1.29, 1.82) is 0 Å². The smallest absolute Gasteiger partial charge is 0.301 e.